The second-order valence-electron chi connectivity index (χ2n) is 2.44. The van der Waals surface area contributed by atoms with Crippen molar-refractivity contribution < 1.29 is 4.79 Å². The van der Waals surface area contributed by atoms with Crippen LogP contribution in [0.5, 0.6) is 0 Å². The molecule has 1 rings (SSSR count). The first-order valence-electron chi connectivity index (χ1n) is 4.40. The Hall–Kier alpha value is -1.40. The Balaban J connectivity index is 0.000000671. The van der Waals surface area contributed by atoms with Crippen molar-refractivity contribution in [3.05, 3.63) is 29.3 Å². The monoisotopic (exact) mass is 177 g/mol. The molecular weight excluding hydrogens is 162 g/mol. The molecule has 0 atom stereocenters. The molecule has 0 fully saturated rings. The predicted octanol–water partition coefficient (Wildman–Crippen LogP) is 3.30. The van der Waals surface area contributed by atoms with Gasteiger partial charge in [-0.3, -0.25) is 0 Å². The van der Waals surface area contributed by atoms with Crippen LogP contribution in [0.3, 0.4) is 0 Å². The minimum atomic E-state index is 0.738. The fraction of sp³-hybridized carbons (Fsp3) is 0.364. The normalized spacial score (nSPS) is 8.00. The fourth-order valence-corrected chi connectivity index (χ4v) is 1.03. The van der Waals surface area contributed by atoms with Gasteiger partial charge in [-0.2, -0.15) is 4.99 Å². The molecule has 0 amide bonds. The highest BCUT2D eigenvalue weighted by atomic mass is 16.1. The van der Waals surface area contributed by atoms with Crippen molar-refractivity contribution in [1.82, 2.24) is 0 Å². The van der Waals surface area contributed by atoms with Crippen molar-refractivity contribution in [2.45, 2.75) is 27.7 Å². The molecule has 1 aromatic carbocycles. The molecule has 0 N–H and O–H groups in total. The molecule has 0 radical (unpaired) electrons. The number of hydrogen-bond donors (Lipinski definition) is 0. The number of isocyanates is 1. The molecule has 0 heterocycles. The van der Waals surface area contributed by atoms with E-state index in [1.54, 1.807) is 6.08 Å². The molecular formula is C11H15NO. The minimum Gasteiger partial charge on any atom is -0.211 e. The summed E-state index contributed by atoms with van der Waals surface area (Å²) in [6.07, 6.45) is 1.54. The number of benzene rings is 1. The zero-order valence-corrected chi connectivity index (χ0v) is 8.59. The minimum absolute atomic E-state index is 0.738. The average molecular weight is 177 g/mol. The van der Waals surface area contributed by atoms with E-state index in [0.717, 1.165) is 16.8 Å². The van der Waals surface area contributed by atoms with E-state index in [4.69, 9.17) is 0 Å². The Bertz CT molecular complexity index is 292. The highest BCUT2D eigenvalue weighted by Crippen LogP contribution is 2.21. The fourth-order valence-electron chi connectivity index (χ4n) is 1.03. The number of aryl methyl sites for hydroxylation is 2. The molecule has 0 saturated heterocycles. The lowest BCUT2D eigenvalue weighted by molar-refractivity contribution is 0.565. The van der Waals surface area contributed by atoms with Crippen LogP contribution in [0.15, 0.2) is 23.2 Å². The molecule has 0 spiro atoms. The van der Waals surface area contributed by atoms with E-state index in [1.807, 2.05) is 45.9 Å². The molecule has 2 heteroatoms. The Morgan fingerprint density at radius 3 is 2.00 bits per heavy atom. The Kier molecular flexibility index (Phi) is 5.49. The second-order valence-corrected chi connectivity index (χ2v) is 2.44. The molecule has 0 bridgehead atoms. The Labute approximate surface area is 79.3 Å². The van der Waals surface area contributed by atoms with Crippen LogP contribution >= 0.6 is 0 Å². The van der Waals surface area contributed by atoms with E-state index in [0.29, 0.717) is 0 Å². The van der Waals surface area contributed by atoms with E-state index in [1.165, 1.54) is 0 Å². The summed E-state index contributed by atoms with van der Waals surface area (Å²) in [7, 11) is 0. The third-order valence-corrected chi connectivity index (χ3v) is 1.60. The number of hydrogen-bond acceptors (Lipinski definition) is 2. The lowest BCUT2D eigenvalue weighted by Crippen LogP contribution is -1.77. The van der Waals surface area contributed by atoms with Crippen molar-refractivity contribution in [3.8, 4) is 0 Å². The SMILES string of the molecule is CC.Cc1cccc(C)c1N=C=O. The summed E-state index contributed by atoms with van der Waals surface area (Å²) >= 11 is 0. The highest BCUT2D eigenvalue weighted by Gasteiger charge is 1.97. The van der Waals surface area contributed by atoms with Gasteiger partial charge in [-0.1, -0.05) is 32.0 Å². The number of carbonyl (C=O) groups excluding carboxylic acids is 1. The maximum Gasteiger partial charge on any atom is 0.240 e. The van der Waals surface area contributed by atoms with Gasteiger partial charge in [-0.15, -0.1) is 0 Å². The highest BCUT2D eigenvalue weighted by molar-refractivity contribution is 5.57. The molecule has 2 nitrogen and oxygen atoms in total. The van der Waals surface area contributed by atoms with Crippen LogP contribution in [0.25, 0.3) is 0 Å². The van der Waals surface area contributed by atoms with Crippen molar-refractivity contribution in [3.63, 3.8) is 0 Å². The van der Waals surface area contributed by atoms with E-state index < -0.39 is 0 Å². The van der Waals surface area contributed by atoms with Crippen LogP contribution < -0.4 is 0 Å². The molecule has 70 valence electrons. The van der Waals surface area contributed by atoms with Crippen molar-refractivity contribution in [1.29, 1.82) is 0 Å². The molecule has 0 aliphatic rings. The van der Waals surface area contributed by atoms with Gasteiger partial charge in [-0.05, 0) is 25.0 Å². The standard InChI is InChI=1S/C9H9NO.C2H6/c1-7-4-3-5-8(2)9(7)10-6-11;1-2/h3-5H,1-2H3;1-2H3. The third kappa shape index (κ3) is 3.22. The quantitative estimate of drug-likeness (QED) is 0.478. The molecule has 0 aromatic heterocycles. The van der Waals surface area contributed by atoms with Crippen LogP contribution in [0.2, 0.25) is 0 Å². The van der Waals surface area contributed by atoms with Gasteiger partial charge in [0, 0.05) is 0 Å². The number of aliphatic imine (C=N–C) groups is 1. The third-order valence-electron chi connectivity index (χ3n) is 1.60. The zero-order valence-electron chi connectivity index (χ0n) is 8.59. The zero-order chi connectivity index (χ0) is 10.3. The summed E-state index contributed by atoms with van der Waals surface area (Å²) in [5.41, 5.74) is 2.75. The molecule has 0 unspecified atom stereocenters. The molecule has 0 aliphatic heterocycles. The number of para-hydroxylation sites is 1. The summed E-state index contributed by atoms with van der Waals surface area (Å²) in [6.45, 7) is 7.84. The lowest BCUT2D eigenvalue weighted by atomic mass is 10.1. The Morgan fingerprint density at radius 2 is 1.62 bits per heavy atom. The second kappa shape index (κ2) is 6.15. The average Bonchev–Trinajstić information content (AvgIpc) is 2.15. The number of rotatable bonds is 1. The summed E-state index contributed by atoms with van der Waals surface area (Å²) in [5, 5.41) is 0. The van der Waals surface area contributed by atoms with Gasteiger partial charge >= 0.3 is 0 Å². The molecule has 0 saturated carbocycles. The van der Waals surface area contributed by atoms with E-state index in [2.05, 4.69) is 4.99 Å². The van der Waals surface area contributed by atoms with Gasteiger partial charge in [0.15, 0.2) is 0 Å². The smallest absolute Gasteiger partial charge is 0.211 e. The van der Waals surface area contributed by atoms with Crippen LogP contribution in [0, 0.1) is 13.8 Å². The van der Waals surface area contributed by atoms with E-state index in [9.17, 15) is 4.79 Å². The van der Waals surface area contributed by atoms with Gasteiger partial charge in [-0.25, -0.2) is 4.79 Å². The van der Waals surface area contributed by atoms with Gasteiger partial charge in [0.05, 0.1) is 5.69 Å². The lowest BCUT2D eigenvalue weighted by Gasteiger charge is -1.99. The first-order chi connectivity index (χ1) is 6.25. The van der Waals surface area contributed by atoms with Gasteiger partial charge in [0.1, 0.15) is 0 Å². The van der Waals surface area contributed by atoms with Crippen LogP contribution in [0.4, 0.5) is 5.69 Å². The van der Waals surface area contributed by atoms with E-state index >= 15 is 0 Å². The maximum absolute atomic E-state index is 9.99. The first-order valence-corrected chi connectivity index (χ1v) is 4.40. The molecule has 1 aromatic rings. The van der Waals surface area contributed by atoms with Gasteiger partial charge in [0.2, 0.25) is 6.08 Å². The van der Waals surface area contributed by atoms with Crippen molar-refractivity contribution in [2.24, 2.45) is 4.99 Å². The van der Waals surface area contributed by atoms with Gasteiger partial charge < -0.3 is 0 Å². The summed E-state index contributed by atoms with van der Waals surface area (Å²) in [5.74, 6) is 0. The van der Waals surface area contributed by atoms with Crippen molar-refractivity contribution in [2.75, 3.05) is 0 Å². The number of nitrogens with zero attached hydrogens (tertiary/aromatic N) is 1. The summed E-state index contributed by atoms with van der Waals surface area (Å²) in [6, 6.07) is 5.78. The van der Waals surface area contributed by atoms with Crippen molar-refractivity contribution >= 4 is 11.8 Å². The summed E-state index contributed by atoms with van der Waals surface area (Å²) < 4.78 is 0. The predicted molar refractivity (Wildman–Crippen MR) is 55.0 cm³/mol. The van der Waals surface area contributed by atoms with Crippen LogP contribution in [0.1, 0.15) is 25.0 Å². The van der Waals surface area contributed by atoms with Crippen LogP contribution in [-0.4, -0.2) is 6.08 Å². The van der Waals surface area contributed by atoms with E-state index in [-0.39, 0.29) is 0 Å². The largest absolute Gasteiger partial charge is 0.240 e. The summed E-state index contributed by atoms with van der Waals surface area (Å²) in [4.78, 5) is 13.6. The topological polar surface area (TPSA) is 29.4 Å². The molecule has 13 heavy (non-hydrogen) atoms. The Morgan fingerprint density at radius 1 is 1.15 bits per heavy atom. The maximum atomic E-state index is 9.99. The van der Waals surface area contributed by atoms with Crippen LogP contribution in [-0.2, 0) is 4.79 Å². The molecule has 0 aliphatic carbocycles. The first kappa shape index (κ1) is 11.6. The van der Waals surface area contributed by atoms with Gasteiger partial charge in [0.25, 0.3) is 0 Å².